The highest BCUT2D eigenvalue weighted by atomic mass is 35.5. The van der Waals surface area contributed by atoms with Crippen molar-refractivity contribution >= 4 is 28.9 Å². The van der Waals surface area contributed by atoms with E-state index in [4.69, 9.17) is 11.6 Å². The summed E-state index contributed by atoms with van der Waals surface area (Å²) >= 11 is 6.21. The van der Waals surface area contributed by atoms with Gasteiger partial charge in [0.15, 0.2) is 11.5 Å². The van der Waals surface area contributed by atoms with E-state index in [1.165, 1.54) is 4.90 Å². The minimum atomic E-state index is -0.150. The summed E-state index contributed by atoms with van der Waals surface area (Å²) in [4.78, 5) is 38.2. The number of imidazole rings is 2. The van der Waals surface area contributed by atoms with Gasteiger partial charge < -0.3 is 13.9 Å². The van der Waals surface area contributed by atoms with E-state index in [1.807, 2.05) is 17.5 Å². The maximum absolute atomic E-state index is 12.9. The third-order valence-corrected chi connectivity index (χ3v) is 5.80. The van der Waals surface area contributed by atoms with E-state index in [1.54, 1.807) is 43.3 Å². The van der Waals surface area contributed by atoms with Crippen LogP contribution in [0.5, 0.6) is 0 Å². The molecule has 0 N–H and O–H groups in total. The molecule has 3 aromatic heterocycles. The Morgan fingerprint density at radius 1 is 1.30 bits per heavy atom. The predicted molar refractivity (Wildman–Crippen MR) is 114 cm³/mol. The molecular weight excluding hydrogens is 404 g/mol. The Kier molecular flexibility index (Phi) is 5.62. The molecule has 4 rings (SSSR count). The molecule has 1 amide bonds. The topological polar surface area (TPSA) is 75.7 Å². The van der Waals surface area contributed by atoms with Gasteiger partial charge in [0.25, 0.3) is 5.91 Å². The Hall–Kier alpha value is -2.71. The molecule has 0 radical (unpaired) electrons. The van der Waals surface area contributed by atoms with Crippen molar-refractivity contribution < 1.29 is 9.59 Å². The van der Waals surface area contributed by atoms with E-state index in [-0.39, 0.29) is 17.6 Å². The van der Waals surface area contributed by atoms with Crippen LogP contribution in [0.2, 0.25) is 5.02 Å². The normalized spacial score (nSPS) is 17.4. The van der Waals surface area contributed by atoms with Gasteiger partial charge in [-0.3, -0.25) is 14.5 Å². The average Bonchev–Trinajstić information content (AvgIpc) is 3.30. The molecule has 1 unspecified atom stereocenters. The molecule has 0 spiro atoms. The summed E-state index contributed by atoms with van der Waals surface area (Å²) in [5.74, 6) is 0.294. The van der Waals surface area contributed by atoms with Gasteiger partial charge in [0.2, 0.25) is 5.78 Å². The number of piperidine rings is 1. The van der Waals surface area contributed by atoms with Crippen LogP contribution in [-0.4, -0.2) is 67.6 Å². The fraction of sp³-hybridized carbons (Fsp3) is 0.429. The Morgan fingerprint density at radius 3 is 2.80 bits per heavy atom. The molecule has 3 aromatic rings. The second-order valence-corrected chi connectivity index (χ2v) is 8.42. The zero-order valence-corrected chi connectivity index (χ0v) is 18.1. The first-order valence-corrected chi connectivity index (χ1v) is 10.3. The summed E-state index contributed by atoms with van der Waals surface area (Å²) in [5, 5.41) is 0.575. The molecule has 1 aliphatic heterocycles. The number of nitrogens with zero attached hydrogens (tertiary/aromatic N) is 6. The summed E-state index contributed by atoms with van der Waals surface area (Å²) in [6.45, 7) is 1.99. The van der Waals surface area contributed by atoms with Gasteiger partial charge in [0.05, 0.1) is 10.7 Å². The maximum Gasteiger partial charge on any atom is 0.273 e. The summed E-state index contributed by atoms with van der Waals surface area (Å²) in [6, 6.07) is 3.57. The van der Waals surface area contributed by atoms with Gasteiger partial charge in [-0.2, -0.15) is 0 Å². The molecular formula is C21H25ClN6O2. The number of halogens is 1. The van der Waals surface area contributed by atoms with Crippen LogP contribution < -0.4 is 0 Å². The lowest BCUT2D eigenvalue weighted by Gasteiger charge is -2.31. The highest BCUT2D eigenvalue weighted by Crippen LogP contribution is 2.24. The molecule has 30 heavy (non-hydrogen) atoms. The number of hydrogen-bond donors (Lipinski definition) is 0. The SMILES string of the molecule is CN(C)C(=O)c1nc2ccc(Cl)cn2c1CN1CCCC(C(=O)c2nccn2C)C1. The van der Waals surface area contributed by atoms with Gasteiger partial charge in [0, 0.05) is 58.7 Å². The molecule has 0 saturated carbocycles. The van der Waals surface area contributed by atoms with Crippen molar-refractivity contribution in [1.82, 2.24) is 28.7 Å². The van der Waals surface area contributed by atoms with Crippen molar-refractivity contribution in [3.05, 3.63) is 53.0 Å². The number of aromatic nitrogens is 4. The number of carbonyl (C=O) groups is 2. The van der Waals surface area contributed by atoms with E-state index in [9.17, 15) is 9.59 Å². The number of pyridine rings is 1. The first-order valence-electron chi connectivity index (χ1n) is 9.97. The zero-order valence-electron chi connectivity index (χ0n) is 17.4. The number of amides is 1. The third-order valence-electron chi connectivity index (χ3n) is 5.58. The van der Waals surface area contributed by atoms with Crippen molar-refractivity contribution in [2.45, 2.75) is 19.4 Å². The first kappa shape index (κ1) is 20.6. The Bertz CT molecular complexity index is 1100. The second kappa shape index (κ2) is 8.20. The van der Waals surface area contributed by atoms with E-state index >= 15 is 0 Å². The van der Waals surface area contributed by atoms with Crippen LogP contribution in [0.15, 0.2) is 30.7 Å². The smallest absolute Gasteiger partial charge is 0.273 e. The average molecular weight is 429 g/mol. The van der Waals surface area contributed by atoms with E-state index in [0.29, 0.717) is 35.3 Å². The molecule has 1 atom stereocenters. The molecule has 8 nitrogen and oxygen atoms in total. The van der Waals surface area contributed by atoms with Gasteiger partial charge >= 0.3 is 0 Å². The lowest BCUT2D eigenvalue weighted by atomic mass is 9.93. The summed E-state index contributed by atoms with van der Waals surface area (Å²) in [7, 11) is 5.26. The summed E-state index contributed by atoms with van der Waals surface area (Å²) in [6.07, 6.45) is 6.97. The molecule has 1 saturated heterocycles. The first-order chi connectivity index (χ1) is 14.3. The number of Topliss-reactive ketones (excluding diaryl/α,β-unsaturated/α-hetero) is 1. The van der Waals surface area contributed by atoms with Crippen molar-refractivity contribution in [3.63, 3.8) is 0 Å². The lowest BCUT2D eigenvalue weighted by molar-refractivity contribution is 0.0782. The number of rotatable bonds is 5. The number of hydrogen-bond acceptors (Lipinski definition) is 5. The van der Waals surface area contributed by atoms with E-state index in [2.05, 4.69) is 14.9 Å². The number of fused-ring (bicyclic) bond motifs is 1. The van der Waals surface area contributed by atoms with Crippen LogP contribution in [0.1, 0.15) is 39.6 Å². The van der Waals surface area contributed by atoms with Crippen LogP contribution in [0, 0.1) is 5.92 Å². The molecule has 0 bridgehead atoms. The molecule has 0 aliphatic carbocycles. The molecule has 1 fully saturated rings. The highest BCUT2D eigenvalue weighted by molar-refractivity contribution is 6.30. The van der Waals surface area contributed by atoms with Crippen molar-refractivity contribution in [1.29, 1.82) is 0 Å². The molecule has 158 valence electrons. The minimum Gasteiger partial charge on any atom is -0.343 e. The zero-order chi connectivity index (χ0) is 21.4. The van der Waals surface area contributed by atoms with Gasteiger partial charge in [-0.15, -0.1) is 0 Å². The van der Waals surface area contributed by atoms with Gasteiger partial charge in [-0.25, -0.2) is 9.97 Å². The number of ketones is 1. The number of aryl methyl sites for hydroxylation is 1. The molecule has 9 heteroatoms. The van der Waals surface area contributed by atoms with Crippen LogP contribution in [-0.2, 0) is 13.6 Å². The summed E-state index contributed by atoms with van der Waals surface area (Å²) in [5.41, 5.74) is 1.88. The maximum atomic E-state index is 12.9. The minimum absolute atomic E-state index is 0.0676. The Labute approximate surface area is 180 Å². The molecule has 0 aromatic carbocycles. The Morgan fingerprint density at radius 2 is 2.10 bits per heavy atom. The fourth-order valence-electron chi connectivity index (χ4n) is 4.01. The summed E-state index contributed by atoms with van der Waals surface area (Å²) < 4.78 is 3.64. The monoisotopic (exact) mass is 428 g/mol. The second-order valence-electron chi connectivity index (χ2n) is 7.98. The van der Waals surface area contributed by atoms with Crippen molar-refractivity contribution in [2.24, 2.45) is 13.0 Å². The Balaban J connectivity index is 1.62. The highest BCUT2D eigenvalue weighted by Gasteiger charge is 2.30. The third kappa shape index (κ3) is 3.85. The standard InChI is InChI=1S/C21H25ClN6O2/c1-25(2)21(30)18-16(28-12-15(22)6-7-17(28)24-18)13-27-9-4-5-14(11-27)19(29)20-23-8-10-26(20)3/h6-8,10,12,14H,4-5,9,11,13H2,1-3H3. The van der Waals surface area contributed by atoms with Gasteiger partial charge in [-0.1, -0.05) is 11.6 Å². The van der Waals surface area contributed by atoms with E-state index in [0.717, 1.165) is 25.1 Å². The van der Waals surface area contributed by atoms with Gasteiger partial charge in [0.1, 0.15) is 5.65 Å². The number of likely N-dealkylation sites (tertiary alicyclic amines) is 1. The fourth-order valence-corrected chi connectivity index (χ4v) is 4.17. The molecule has 4 heterocycles. The quantitative estimate of drug-likeness (QED) is 0.584. The van der Waals surface area contributed by atoms with Crippen molar-refractivity contribution in [3.8, 4) is 0 Å². The van der Waals surface area contributed by atoms with Crippen LogP contribution in [0.25, 0.3) is 5.65 Å². The largest absolute Gasteiger partial charge is 0.343 e. The predicted octanol–water partition coefficient (Wildman–Crippen LogP) is 2.52. The van der Waals surface area contributed by atoms with E-state index < -0.39 is 0 Å². The van der Waals surface area contributed by atoms with Crippen molar-refractivity contribution in [2.75, 3.05) is 27.2 Å². The van der Waals surface area contributed by atoms with Crippen LogP contribution in [0.4, 0.5) is 0 Å². The van der Waals surface area contributed by atoms with Crippen LogP contribution >= 0.6 is 11.6 Å². The molecule has 1 aliphatic rings. The number of carbonyl (C=O) groups excluding carboxylic acids is 2. The lowest BCUT2D eigenvalue weighted by Crippen LogP contribution is -2.39. The van der Waals surface area contributed by atoms with Crippen LogP contribution in [0.3, 0.4) is 0 Å². The van der Waals surface area contributed by atoms with Gasteiger partial charge in [-0.05, 0) is 31.5 Å².